The van der Waals surface area contributed by atoms with E-state index in [2.05, 4.69) is 10.3 Å². The summed E-state index contributed by atoms with van der Waals surface area (Å²) in [6.45, 7) is 0.672. The molecule has 8 nitrogen and oxygen atoms in total. The number of nitrogens with zero attached hydrogens (tertiary/aromatic N) is 2. The van der Waals surface area contributed by atoms with E-state index in [1.165, 1.54) is 0 Å². The highest BCUT2D eigenvalue weighted by Crippen LogP contribution is 2.29. The molecule has 2 amide bonds. The van der Waals surface area contributed by atoms with E-state index in [0.29, 0.717) is 36.7 Å². The third-order valence-corrected chi connectivity index (χ3v) is 6.36. The zero-order valence-electron chi connectivity index (χ0n) is 16.4. The molecule has 0 spiro atoms. The number of esters is 1. The van der Waals surface area contributed by atoms with Gasteiger partial charge in [-0.1, -0.05) is 36.0 Å². The first-order valence-corrected chi connectivity index (χ1v) is 10.9. The number of anilines is 1. The number of oxazole rings is 1. The molecule has 2 fully saturated rings. The molecule has 0 saturated carbocycles. The Morgan fingerprint density at radius 2 is 2.00 bits per heavy atom. The number of amides is 2. The minimum atomic E-state index is -0.461. The van der Waals surface area contributed by atoms with Crippen molar-refractivity contribution in [3.05, 3.63) is 54.1 Å². The molecule has 0 radical (unpaired) electrons. The normalized spacial score (nSPS) is 21.0. The SMILES string of the molecule is O=C1NC(=O)C(Cc2ccc(OC(=O)[C@@H]3CCCN3c3nc4ccccc4o3)cc2)S1. The average molecular weight is 437 g/mol. The van der Waals surface area contributed by atoms with Gasteiger partial charge in [0.1, 0.15) is 17.3 Å². The summed E-state index contributed by atoms with van der Waals surface area (Å²) in [5.74, 6) is -0.201. The lowest BCUT2D eigenvalue weighted by Gasteiger charge is -2.21. The molecule has 1 N–H and O–H groups in total. The summed E-state index contributed by atoms with van der Waals surface area (Å²) in [4.78, 5) is 42.2. The molecule has 2 aromatic carbocycles. The van der Waals surface area contributed by atoms with Crippen LogP contribution in [0.25, 0.3) is 11.1 Å². The van der Waals surface area contributed by atoms with Crippen LogP contribution >= 0.6 is 11.8 Å². The highest BCUT2D eigenvalue weighted by molar-refractivity contribution is 8.15. The quantitative estimate of drug-likeness (QED) is 0.479. The van der Waals surface area contributed by atoms with Crippen molar-refractivity contribution < 1.29 is 23.5 Å². The van der Waals surface area contributed by atoms with E-state index in [4.69, 9.17) is 9.15 Å². The Kier molecular flexibility index (Phi) is 5.11. The van der Waals surface area contributed by atoms with E-state index < -0.39 is 11.3 Å². The monoisotopic (exact) mass is 437 g/mol. The summed E-state index contributed by atoms with van der Waals surface area (Å²) >= 11 is 0.994. The average Bonchev–Trinajstić information content (AvgIpc) is 3.47. The maximum atomic E-state index is 12.8. The molecule has 3 heterocycles. The third kappa shape index (κ3) is 4.00. The van der Waals surface area contributed by atoms with Gasteiger partial charge in [-0.25, -0.2) is 4.79 Å². The van der Waals surface area contributed by atoms with E-state index in [0.717, 1.165) is 29.3 Å². The van der Waals surface area contributed by atoms with Gasteiger partial charge in [0.25, 0.3) is 11.3 Å². The van der Waals surface area contributed by atoms with Crippen LogP contribution in [0.1, 0.15) is 18.4 Å². The maximum absolute atomic E-state index is 12.8. The van der Waals surface area contributed by atoms with Crippen LogP contribution in [0.2, 0.25) is 0 Å². The summed E-state index contributed by atoms with van der Waals surface area (Å²) in [5, 5.41) is 1.53. The fourth-order valence-corrected chi connectivity index (χ4v) is 4.70. The lowest BCUT2D eigenvalue weighted by atomic mass is 10.1. The molecule has 0 bridgehead atoms. The first kappa shape index (κ1) is 19.6. The fourth-order valence-electron chi connectivity index (χ4n) is 3.84. The van der Waals surface area contributed by atoms with Crippen LogP contribution in [0, 0.1) is 0 Å². The molecule has 0 aliphatic carbocycles. The van der Waals surface area contributed by atoms with Crippen molar-refractivity contribution in [3.8, 4) is 5.75 Å². The first-order chi connectivity index (χ1) is 15.1. The van der Waals surface area contributed by atoms with E-state index >= 15 is 0 Å². The minimum absolute atomic E-state index is 0.272. The Balaban J connectivity index is 1.25. The molecule has 3 aromatic rings. The van der Waals surface area contributed by atoms with Gasteiger partial charge in [-0.3, -0.25) is 14.9 Å². The molecular formula is C22H19N3O5S. The molecule has 2 aliphatic rings. The minimum Gasteiger partial charge on any atom is -0.425 e. The van der Waals surface area contributed by atoms with Crippen molar-refractivity contribution in [1.82, 2.24) is 10.3 Å². The summed E-state index contributed by atoms with van der Waals surface area (Å²) < 4.78 is 11.4. The number of benzene rings is 2. The van der Waals surface area contributed by atoms with Crippen LogP contribution in [0.4, 0.5) is 10.8 Å². The van der Waals surface area contributed by atoms with Gasteiger partial charge in [0.15, 0.2) is 5.58 Å². The molecule has 31 heavy (non-hydrogen) atoms. The Bertz CT molecular complexity index is 1130. The van der Waals surface area contributed by atoms with Crippen molar-refractivity contribution in [2.45, 2.75) is 30.6 Å². The van der Waals surface area contributed by atoms with Gasteiger partial charge in [-0.2, -0.15) is 4.98 Å². The molecule has 5 rings (SSSR count). The third-order valence-electron chi connectivity index (χ3n) is 5.38. The molecule has 2 aliphatic heterocycles. The second-order valence-corrected chi connectivity index (χ2v) is 8.64. The maximum Gasteiger partial charge on any atom is 0.334 e. The zero-order chi connectivity index (χ0) is 21.4. The fraction of sp³-hybridized carbons (Fsp3) is 0.273. The number of ether oxygens (including phenoxy) is 1. The second-order valence-electron chi connectivity index (χ2n) is 7.47. The number of thioether (sulfide) groups is 1. The highest BCUT2D eigenvalue weighted by atomic mass is 32.2. The topological polar surface area (TPSA) is 102 Å². The number of hydrogen-bond acceptors (Lipinski definition) is 8. The summed E-state index contributed by atoms with van der Waals surface area (Å²) in [6.07, 6.45) is 1.94. The van der Waals surface area contributed by atoms with Gasteiger partial charge in [0, 0.05) is 6.54 Å². The van der Waals surface area contributed by atoms with Crippen molar-refractivity contribution in [1.29, 1.82) is 0 Å². The smallest absolute Gasteiger partial charge is 0.334 e. The van der Waals surface area contributed by atoms with Crippen LogP contribution in [0.15, 0.2) is 52.9 Å². The number of fused-ring (bicyclic) bond motifs is 1. The van der Waals surface area contributed by atoms with Crippen molar-refractivity contribution >= 4 is 46.0 Å². The number of imide groups is 1. The Morgan fingerprint density at radius 1 is 1.19 bits per heavy atom. The van der Waals surface area contributed by atoms with Gasteiger partial charge >= 0.3 is 5.97 Å². The van der Waals surface area contributed by atoms with E-state index in [9.17, 15) is 14.4 Å². The standard InChI is InChI=1S/C22H19N3O5S/c26-19-18(31-22(28)24-19)12-13-7-9-14(10-8-13)29-20(27)16-5-3-11-25(16)21-23-15-4-1-2-6-17(15)30-21/h1-2,4,6-10,16,18H,3,5,11-12H2,(H,24,26,28)/t16-,18?/m0/s1. The number of aromatic nitrogens is 1. The lowest BCUT2D eigenvalue weighted by Crippen LogP contribution is -2.38. The molecule has 1 aromatic heterocycles. The van der Waals surface area contributed by atoms with E-state index in [1.54, 1.807) is 24.3 Å². The van der Waals surface area contributed by atoms with Gasteiger partial charge in [0.2, 0.25) is 5.91 Å². The van der Waals surface area contributed by atoms with E-state index in [1.807, 2.05) is 29.2 Å². The number of carbonyl (C=O) groups is 3. The predicted molar refractivity (Wildman–Crippen MR) is 115 cm³/mol. The number of para-hydroxylation sites is 2. The predicted octanol–water partition coefficient (Wildman–Crippen LogP) is 3.30. The van der Waals surface area contributed by atoms with Crippen LogP contribution < -0.4 is 15.0 Å². The molecule has 1 unspecified atom stereocenters. The molecule has 2 atom stereocenters. The van der Waals surface area contributed by atoms with Crippen molar-refractivity contribution in [3.63, 3.8) is 0 Å². The summed E-state index contributed by atoms with van der Waals surface area (Å²) in [6, 6.07) is 14.5. The van der Waals surface area contributed by atoms with Crippen LogP contribution in [0.5, 0.6) is 5.75 Å². The number of carbonyl (C=O) groups excluding carboxylic acids is 3. The zero-order valence-corrected chi connectivity index (χ0v) is 17.3. The van der Waals surface area contributed by atoms with Gasteiger partial charge < -0.3 is 14.1 Å². The van der Waals surface area contributed by atoms with Crippen molar-refractivity contribution in [2.75, 3.05) is 11.4 Å². The first-order valence-electron chi connectivity index (χ1n) is 10.0. The van der Waals surface area contributed by atoms with Crippen LogP contribution in [-0.2, 0) is 16.0 Å². The second kappa shape index (κ2) is 8.07. The summed E-state index contributed by atoms with van der Waals surface area (Å²) in [5.41, 5.74) is 2.32. The Labute approximate surface area is 181 Å². The number of rotatable bonds is 5. The Morgan fingerprint density at radius 3 is 2.74 bits per heavy atom. The van der Waals surface area contributed by atoms with E-state index in [-0.39, 0.29) is 17.1 Å². The van der Waals surface area contributed by atoms with Gasteiger partial charge in [0.05, 0.1) is 5.25 Å². The molecule has 158 valence electrons. The number of nitrogens with one attached hydrogen (secondary N) is 1. The summed E-state index contributed by atoms with van der Waals surface area (Å²) in [7, 11) is 0. The number of hydrogen-bond donors (Lipinski definition) is 1. The Hall–Kier alpha value is -3.33. The lowest BCUT2D eigenvalue weighted by molar-refractivity contribution is -0.135. The van der Waals surface area contributed by atoms with Gasteiger partial charge in [-0.05, 0) is 49.1 Å². The van der Waals surface area contributed by atoms with Crippen molar-refractivity contribution in [2.24, 2.45) is 0 Å². The van der Waals surface area contributed by atoms with Crippen LogP contribution in [-0.4, -0.2) is 39.9 Å². The van der Waals surface area contributed by atoms with Gasteiger partial charge in [-0.15, -0.1) is 0 Å². The highest BCUT2D eigenvalue weighted by Gasteiger charge is 2.35. The van der Waals surface area contributed by atoms with Crippen LogP contribution in [0.3, 0.4) is 0 Å². The molecule has 9 heteroatoms. The largest absolute Gasteiger partial charge is 0.425 e. The molecular weight excluding hydrogens is 418 g/mol. The molecule has 2 saturated heterocycles.